The van der Waals surface area contributed by atoms with E-state index in [-0.39, 0.29) is 5.91 Å². The van der Waals surface area contributed by atoms with E-state index in [9.17, 15) is 14.7 Å². The standard InChI is InChI=1S/C14H26N2O3/c1-5-7-14(8-6-9-15-14)12(19)16-10(11(17)18)13(2,3)4/h10,15H,5-9H2,1-4H3,(H,16,19)(H,17,18)/t10-,14?/m1/s1. The Kier molecular flexibility index (Phi) is 4.96. The van der Waals surface area contributed by atoms with Gasteiger partial charge in [0.15, 0.2) is 0 Å². The summed E-state index contributed by atoms with van der Waals surface area (Å²) in [6.07, 6.45) is 3.38. The first-order valence-electron chi connectivity index (χ1n) is 7.02. The van der Waals surface area contributed by atoms with Gasteiger partial charge in [-0.3, -0.25) is 4.79 Å². The second-order valence-electron chi connectivity index (χ2n) is 6.47. The van der Waals surface area contributed by atoms with Gasteiger partial charge in [0, 0.05) is 0 Å². The summed E-state index contributed by atoms with van der Waals surface area (Å²) < 4.78 is 0. The molecule has 0 aromatic heterocycles. The fraction of sp³-hybridized carbons (Fsp3) is 0.857. The van der Waals surface area contributed by atoms with Gasteiger partial charge in [-0.2, -0.15) is 0 Å². The van der Waals surface area contributed by atoms with Gasteiger partial charge >= 0.3 is 5.97 Å². The smallest absolute Gasteiger partial charge is 0.326 e. The SMILES string of the molecule is CCCC1(C(=O)N[C@H](C(=O)O)C(C)(C)C)CCCN1. The topological polar surface area (TPSA) is 78.4 Å². The molecule has 1 fully saturated rings. The normalized spacial score (nSPS) is 25.1. The minimum Gasteiger partial charge on any atom is -0.480 e. The summed E-state index contributed by atoms with van der Waals surface area (Å²) in [4.78, 5) is 23.8. The number of hydrogen-bond acceptors (Lipinski definition) is 3. The van der Waals surface area contributed by atoms with Crippen molar-refractivity contribution < 1.29 is 14.7 Å². The Bertz CT molecular complexity index is 341. The van der Waals surface area contributed by atoms with Crippen molar-refractivity contribution in [1.82, 2.24) is 10.6 Å². The monoisotopic (exact) mass is 270 g/mol. The van der Waals surface area contributed by atoms with E-state index in [0.717, 1.165) is 32.2 Å². The number of carbonyl (C=O) groups excluding carboxylic acids is 1. The van der Waals surface area contributed by atoms with Crippen LogP contribution in [0.1, 0.15) is 53.4 Å². The van der Waals surface area contributed by atoms with Crippen molar-refractivity contribution in [2.45, 2.75) is 65.0 Å². The van der Waals surface area contributed by atoms with Crippen LogP contribution in [-0.2, 0) is 9.59 Å². The molecule has 5 nitrogen and oxygen atoms in total. The lowest BCUT2D eigenvalue weighted by Crippen LogP contribution is -2.59. The van der Waals surface area contributed by atoms with Crippen molar-refractivity contribution in [3.8, 4) is 0 Å². The molecule has 1 saturated heterocycles. The van der Waals surface area contributed by atoms with Crippen LogP contribution in [0.15, 0.2) is 0 Å². The lowest BCUT2D eigenvalue weighted by atomic mass is 9.84. The third-order valence-electron chi connectivity index (χ3n) is 3.74. The molecule has 0 aromatic rings. The highest BCUT2D eigenvalue weighted by molar-refractivity contribution is 5.90. The molecule has 0 aromatic carbocycles. The highest BCUT2D eigenvalue weighted by Gasteiger charge is 2.43. The molecule has 1 aliphatic heterocycles. The summed E-state index contributed by atoms with van der Waals surface area (Å²) in [6.45, 7) is 8.32. The van der Waals surface area contributed by atoms with Crippen LogP contribution in [-0.4, -0.2) is 35.1 Å². The van der Waals surface area contributed by atoms with Crippen molar-refractivity contribution in [3.05, 3.63) is 0 Å². The maximum absolute atomic E-state index is 12.5. The van der Waals surface area contributed by atoms with E-state index in [0.29, 0.717) is 0 Å². The molecule has 1 heterocycles. The fourth-order valence-electron chi connectivity index (χ4n) is 2.67. The first-order valence-corrected chi connectivity index (χ1v) is 7.02. The molecular weight excluding hydrogens is 244 g/mol. The quantitative estimate of drug-likeness (QED) is 0.708. The molecule has 5 heteroatoms. The molecule has 1 unspecified atom stereocenters. The number of aliphatic carboxylic acids is 1. The van der Waals surface area contributed by atoms with E-state index >= 15 is 0 Å². The molecule has 0 saturated carbocycles. The molecule has 0 radical (unpaired) electrons. The number of rotatable bonds is 5. The van der Waals surface area contributed by atoms with E-state index in [1.807, 2.05) is 27.7 Å². The summed E-state index contributed by atoms with van der Waals surface area (Å²) in [5, 5.41) is 15.3. The van der Waals surface area contributed by atoms with Gasteiger partial charge in [0.1, 0.15) is 6.04 Å². The molecule has 3 N–H and O–H groups in total. The zero-order valence-electron chi connectivity index (χ0n) is 12.4. The first kappa shape index (κ1) is 16.0. The highest BCUT2D eigenvalue weighted by atomic mass is 16.4. The molecule has 0 spiro atoms. The van der Waals surface area contributed by atoms with Crippen LogP contribution in [0.5, 0.6) is 0 Å². The van der Waals surface area contributed by atoms with Crippen LogP contribution in [0.4, 0.5) is 0 Å². The van der Waals surface area contributed by atoms with Crippen molar-refractivity contribution >= 4 is 11.9 Å². The third kappa shape index (κ3) is 3.69. The molecule has 0 aliphatic carbocycles. The summed E-state index contributed by atoms with van der Waals surface area (Å²) in [6, 6.07) is -0.865. The number of carbonyl (C=O) groups is 2. The molecule has 0 bridgehead atoms. The molecule has 1 rings (SSSR count). The van der Waals surface area contributed by atoms with Crippen LogP contribution >= 0.6 is 0 Å². The van der Waals surface area contributed by atoms with Crippen LogP contribution < -0.4 is 10.6 Å². The van der Waals surface area contributed by atoms with Crippen molar-refractivity contribution in [1.29, 1.82) is 0 Å². The summed E-state index contributed by atoms with van der Waals surface area (Å²) in [5.41, 5.74) is -1.08. The van der Waals surface area contributed by atoms with Gasteiger partial charge in [-0.05, 0) is 31.2 Å². The number of carboxylic acids is 1. The Morgan fingerprint density at radius 2 is 2.05 bits per heavy atom. The lowest BCUT2D eigenvalue weighted by Gasteiger charge is -2.33. The zero-order valence-corrected chi connectivity index (χ0v) is 12.4. The van der Waals surface area contributed by atoms with E-state index in [1.165, 1.54) is 0 Å². The van der Waals surface area contributed by atoms with Gasteiger partial charge in [0.05, 0.1) is 5.54 Å². The molecule has 1 aliphatic rings. The van der Waals surface area contributed by atoms with Gasteiger partial charge in [-0.15, -0.1) is 0 Å². The lowest BCUT2D eigenvalue weighted by molar-refractivity contribution is -0.146. The van der Waals surface area contributed by atoms with Crippen LogP contribution in [0.25, 0.3) is 0 Å². The van der Waals surface area contributed by atoms with Gasteiger partial charge < -0.3 is 15.7 Å². The Morgan fingerprint density at radius 1 is 1.42 bits per heavy atom. The molecule has 1 amide bonds. The van der Waals surface area contributed by atoms with Gasteiger partial charge in [-0.25, -0.2) is 4.79 Å². The predicted molar refractivity (Wildman–Crippen MR) is 73.9 cm³/mol. The van der Waals surface area contributed by atoms with E-state index < -0.39 is 23.0 Å². The van der Waals surface area contributed by atoms with Crippen LogP contribution in [0.3, 0.4) is 0 Å². The highest BCUT2D eigenvalue weighted by Crippen LogP contribution is 2.27. The second kappa shape index (κ2) is 5.90. The Morgan fingerprint density at radius 3 is 2.42 bits per heavy atom. The Hall–Kier alpha value is -1.10. The zero-order chi connectivity index (χ0) is 14.7. The molecule has 2 atom stereocenters. The number of nitrogens with one attached hydrogen (secondary N) is 2. The summed E-state index contributed by atoms with van der Waals surface area (Å²) in [7, 11) is 0. The average molecular weight is 270 g/mol. The third-order valence-corrected chi connectivity index (χ3v) is 3.74. The van der Waals surface area contributed by atoms with Gasteiger partial charge in [-0.1, -0.05) is 34.1 Å². The summed E-state index contributed by atoms with van der Waals surface area (Å²) >= 11 is 0. The molecular formula is C14H26N2O3. The van der Waals surface area contributed by atoms with Crippen LogP contribution in [0.2, 0.25) is 0 Å². The largest absolute Gasteiger partial charge is 0.480 e. The predicted octanol–water partition coefficient (Wildman–Crippen LogP) is 1.52. The molecule has 110 valence electrons. The van der Waals surface area contributed by atoms with Gasteiger partial charge in [0.25, 0.3) is 0 Å². The first-order chi connectivity index (χ1) is 8.73. The number of carboxylic acid groups (broad SMARTS) is 1. The maximum Gasteiger partial charge on any atom is 0.326 e. The average Bonchev–Trinajstić information content (AvgIpc) is 2.73. The molecule has 19 heavy (non-hydrogen) atoms. The van der Waals surface area contributed by atoms with Crippen molar-refractivity contribution in [3.63, 3.8) is 0 Å². The van der Waals surface area contributed by atoms with E-state index in [4.69, 9.17) is 0 Å². The maximum atomic E-state index is 12.5. The summed E-state index contributed by atoms with van der Waals surface area (Å²) in [5.74, 6) is -1.15. The number of amides is 1. The van der Waals surface area contributed by atoms with Crippen molar-refractivity contribution in [2.75, 3.05) is 6.54 Å². The Balaban J connectivity index is 2.83. The van der Waals surface area contributed by atoms with Crippen molar-refractivity contribution in [2.24, 2.45) is 5.41 Å². The fourth-order valence-corrected chi connectivity index (χ4v) is 2.67. The minimum atomic E-state index is -0.981. The van der Waals surface area contributed by atoms with E-state index in [1.54, 1.807) is 0 Å². The Labute approximate surface area is 115 Å². The van der Waals surface area contributed by atoms with Crippen LogP contribution in [0, 0.1) is 5.41 Å². The minimum absolute atomic E-state index is 0.172. The van der Waals surface area contributed by atoms with E-state index in [2.05, 4.69) is 10.6 Å². The van der Waals surface area contributed by atoms with Gasteiger partial charge in [0.2, 0.25) is 5.91 Å². The second-order valence-corrected chi connectivity index (χ2v) is 6.47. The number of hydrogen-bond donors (Lipinski definition) is 3.